The van der Waals surface area contributed by atoms with Crippen molar-refractivity contribution in [3.8, 4) is 17.1 Å². The molecule has 1 N–H and O–H groups in total. The number of hydrogen-bond donors (Lipinski definition) is 1. The van der Waals surface area contributed by atoms with Gasteiger partial charge in [-0.25, -0.2) is 5.10 Å². The summed E-state index contributed by atoms with van der Waals surface area (Å²) in [6.07, 6.45) is 1.70. The number of aromatic amines is 1. The molecule has 0 amide bonds. The smallest absolute Gasteiger partial charge is 0.216 e. The Morgan fingerprint density at radius 2 is 2.09 bits per heavy atom. The average Bonchev–Trinajstić information content (AvgIpc) is 2.94. The summed E-state index contributed by atoms with van der Waals surface area (Å²) in [6, 6.07) is 15.4. The first-order valence-corrected chi connectivity index (χ1v) is 8.00. The standard InChI is InChI=1S/C16H13BrN4OS/c1-22-14-8-3-2-5-12(14)10-18-21-15(19-20-16(21)23)11-6-4-7-13(17)9-11/h2-10H,1H3,(H,20,23)/b18-10-. The molecule has 0 atom stereocenters. The van der Waals surface area contributed by atoms with Gasteiger partial charge in [0.2, 0.25) is 4.77 Å². The van der Waals surface area contributed by atoms with Crippen LogP contribution in [0.25, 0.3) is 11.4 Å². The van der Waals surface area contributed by atoms with E-state index in [1.807, 2.05) is 48.5 Å². The number of rotatable bonds is 4. The molecule has 1 aromatic heterocycles. The lowest BCUT2D eigenvalue weighted by Crippen LogP contribution is -1.96. The zero-order valence-electron chi connectivity index (χ0n) is 12.2. The fourth-order valence-corrected chi connectivity index (χ4v) is 2.68. The molecule has 0 fully saturated rings. The SMILES string of the molecule is COc1ccccc1/C=N\n1c(-c2cccc(Br)c2)n[nH]c1=S. The molecule has 23 heavy (non-hydrogen) atoms. The molecule has 0 bridgehead atoms. The topological polar surface area (TPSA) is 55.2 Å². The summed E-state index contributed by atoms with van der Waals surface area (Å²) in [4.78, 5) is 0. The zero-order chi connectivity index (χ0) is 16.2. The molecule has 7 heteroatoms. The summed E-state index contributed by atoms with van der Waals surface area (Å²) in [5, 5.41) is 11.5. The van der Waals surface area contributed by atoms with Crippen molar-refractivity contribution in [1.29, 1.82) is 0 Å². The van der Waals surface area contributed by atoms with Crippen LogP contribution in [0.1, 0.15) is 5.56 Å². The first-order chi connectivity index (χ1) is 11.2. The highest BCUT2D eigenvalue weighted by molar-refractivity contribution is 9.10. The van der Waals surface area contributed by atoms with Crippen molar-refractivity contribution in [2.45, 2.75) is 0 Å². The van der Waals surface area contributed by atoms with Gasteiger partial charge < -0.3 is 4.74 Å². The molecular formula is C16H13BrN4OS. The lowest BCUT2D eigenvalue weighted by atomic mass is 10.2. The molecule has 0 aliphatic heterocycles. The van der Waals surface area contributed by atoms with Gasteiger partial charge in [-0.3, -0.25) is 0 Å². The molecule has 3 rings (SSSR count). The van der Waals surface area contributed by atoms with Gasteiger partial charge in [-0.2, -0.15) is 14.9 Å². The first-order valence-electron chi connectivity index (χ1n) is 6.80. The number of nitrogens with zero attached hydrogens (tertiary/aromatic N) is 3. The lowest BCUT2D eigenvalue weighted by molar-refractivity contribution is 0.414. The van der Waals surface area contributed by atoms with Crippen LogP contribution in [0.3, 0.4) is 0 Å². The molecule has 116 valence electrons. The molecule has 0 aliphatic rings. The second-order valence-electron chi connectivity index (χ2n) is 4.66. The summed E-state index contributed by atoms with van der Waals surface area (Å²) >= 11 is 8.73. The number of ether oxygens (including phenoxy) is 1. The van der Waals surface area contributed by atoms with E-state index < -0.39 is 0 Å². The van der Waals surface area contributed by atoms with Crippen molar-refractivity contribution in [3.63, 3.8) is 0 Å². The Morgan fingerprint density at radius 1 is 1.26 bits per heavy atom. The van der Waals surface area contributed by atoms with E-state index in [1.54, 1.807) is 18.0 Å². The Balaban J connectivity index is 2.03. The highest BCUT2D eigenvalue weighted by atomic mass is 79.9. The molecule has 2 aromatic carbocycles. The summed E-state index contributed by atoms with van der Waals surface area (Å²) in [5.74, 6) is 1.39. The van der Waals surface area contributed by atoms with Crippen LogP contribution < -0.4 is 4.74 Å². The summed E-state index contributed by atoms with van der Waals surface area (Å²) in [6.45, 7) is 0. The lowest BCUT2D eigenvalue weighted by Gasteiger charge is -2.04. The molecule has 0 radical (unpaired) electrons. The van der Waals surface area contributed by atoms with Crippen molar-refractivity contribution >= 4 is 34.4 Å². The molecular weight excluding hydrogens is 376 g/mol. The van der Waals surface area contributed by atoms with Crippen LogP contribution in [0.4, 0.5) is 0 Å². The Labute approximate surface area is 146 Å². The molecule has 3 aromatic rings. The zero-order valence-corrected chi connectivity index (χ0v) is 14.6. The van der Waals surface area contributed by atoms with Gasteiger partial charge in [0, 0.05) is 15.6 Å². The van der Waals surface area contributed by atoms with Gasteiger partial charge >= 0.3 is 0 Å². The molecule has 0 spiro atoms. The second kappa shape index (κ2) is 6.89. The predicted molar refractivity (Wildman–Crippen MR) is 96.5 cm³/mol. The van der Waals surface area contributed by atoms with E-state index in [1.165, 1.54) is 0 Å². The van der Waals surface area contributed by atoms with Crippen LogP contribution >= 0.6 is 28.1 Å². The number of benzene rings is 2. The molecule has 0 saturated carbocycles. The minimum atomic E-state index is 0.422. The van der Waals surface area contributed by atoms with Gasteiger partial charge in [0.1, 0.15) is 5.75 Å². The summed E-state index contributed by atoms with van der Waals surface area (Å²) in [5.41, 5.74) is 1.77. The molecule has 0 saturated heterocycles. The quantitative estimate of drug-likeness (QED) is 0.536. The van der Waals surface area contributed by atoms with Crippen molar-refractivity contribution in [2.75, 3.05) is 7.11 Å². The van der Waals surface area contributed by atoms with Gasteiger partial charge in [-0.15, -0.1) is 0 Å². The molecule has 5 nitrogen and oxygen atoms in total. The minimum Gasteiger partial charge on any atom is -0.496 e. The van der Waals surface area contributed by atoms with Gasteiger partial charge in [0.15, 0.2) is 5.82 Å². The van der Waals surface area contributed by atoms with Crippen LogP contribution in [0, 0.1) is 4.77 Å². The van der Waals surface area contributed by atoms with E-state index in [0.29, 0.717) is 10.6 Å². The minimum absolute atomic E-state index is 0.422. The number of para-hydroxylation sites is 1. The van der Waals surface area contributed by atoms with Crippen LogP contribution in [0.2, 0.25) is 0 Å². The van der Waals surface area contributed by atoms with Crippen molar-refractivity contribution in [3.05, 3.63) is 63.3 Å². The van der Waals surface area contributed by atoms with Crippen LogP contribution in [0.5, 0.6) is 5.75 Å². The Bertz CT molecular complexity index is 916. The highest BCUT2D eigenvalue weighted by Crippen LogP contribution is 2.22. The largest absolute Gasteiger partial charge is 0.496 e. The number of nitrogens with one attached hydrogen (secondary N) is 1. The van der Waals surface area contributed by atoms with Crippen LogP contribution in [-0.2, 0) is 0 Å². The van der Waals surface area contributed by atoms with Gasteiger partial charge in [-0.1, -0.05) is 40.2 Å². The number of methoxy groups -OCH3 is 1. The van der Waals surface area contributed by atoms with Crippen molar-refractivity contribution in [1.82, 2.24) is 14.9 Å². The maximum Gasteiger partial charge on any atom is 0.216 e. The molecule has 1 heterocycles. The highest BCUT2D eigenvalue weighted by Gasteiger charge is 2.08. The Morgan fingerprint density at radius 3 is 2.87 bits per heavy atom. The fraction of sp³-hybridized carbons (Fsp3) is 0.0625. The van der Waals surface area contributed by atoms with E-state index in [2.05, 4.69) is 31.2 Å². The van der Waals surface area contributed by atoms with Crippen LogP contribution in [0.15, 0.2) is 58.1 Å². The van der Waals surface area contributed by atoms with Gasteiger partial charge in [0.05, 0.1) is 13.3 Å². The number of hydrogen-bond acceptors (Lipinski definition) is 4. The number of aromatic nitrogens is 3. The third-order valence-electron chi connectivity index (χ3n) is 3.18. The van der Waals surface area contributed by atoms with E-state index in [9.17, 15) is 0 Å². The van der Waals surface area contributed by atoms with Crippen LogP contribution in [-0.4, -0.2) is 28.2 Å². The first kappa shape index (κ1) is 15.6. The molecule has 0 aliphatic carbocycles. The fourth-order valence-electron chi connectivity index (χ4n) is 2.11. The number of halogens is 1. The Kier molecular flexibility index (Phi) is 4.68. The maximum atomic E-state index is 5.32. The van der Waals surface area contributed by atoms with E-state index in [-0.39, 0.29) is 0 Å². The van der Waals surface area contributed by atoms with Crippen molar-refractivity contribution in [2.24, 2.45) is 5.10 Å². The van der Waals surface area contributed by atoms with Gasteiger partial charge in [-0.05, 0) is 36.5 Å². The van der Waals surface area contributed by atoms with E-state index >= 15 is 0 Å². The predicted octanol–water partition coefficient (Wildman–Crippen LogP) is 4.26. The average molecular weight is 389 g/mol. The van der Waals surface area contributed by atoms with E-state index in [0.717, 1.165) is 21.3 Å². The second-order valence-corrected chi connectivity index (χ2v) is 5.96. The third kappa shape index (κ3) is 3.40. The number of H-pyrrole nitrogens is 1. The monoisotopic (exact) mass is 388 g/mol. The maximum absolute atomic E-state index is 5.32. The molecule has 0 unspecified atom stereocenters. The Hall–Kier alpha value is -2.25. The normalized spacial score (nSPS) is 11.0. The van der Waals surface area contributed by atoms with Gasteiger partial charge in [0.25, 0.3) is 0 Å². The third-order valence-corrected chi connectivity index (χ3v) is 3.94. The van der Waals surface area contributed by atoms with E-state index in [4.69, 9.17) is 17.0 Å². The van der Waals surface area contributed by atoms with Crippen molar-refractivity contribution < 1.29 is 4.74 Å². The summed E-state index contributed by atoms with van der Waals surface area (Å²) in [7, 11) is 1.63. The summed E-state index contributed by atoms with van der Waals surface area (Å²) < 4.78 is 8.29.